The van der Waals surface area contributed by atoms with Gasteiger partial charge < -0.3 is 8.83 Å². The molecule has 10 rings (SSSR count). The molecule has 2 aromatic heterocycles. The highest BCUT2D eigenvalue weighted by atomic mass is 16.4. The van der Waals surface area contributed by atoms with Crippen LogP contribution in [0.1, 0.15) is 22.3 Å². The molecule has 0 saturated heterocycles. The largest absolute Gasteiger partial charge is 0.454 e. The van der Waals surface area contributed by atoms with Crippen molar-refractivity contribution in [1.82, 2.24) is 0 Å². The maximum atomic E-state index is 7.22. The molecule has 6 aromatic carbocycles. The third-order valence-corrected chi connectivity index (χ3v) is 9.46. The van der Waals surface area contributed by atoms with Gasteiger partial charge in [-0.2, -0.15) is 0 Å². The highest BCUT2D eigenvalue weighted by Gasteiger charge is 2.32. The van der Waals surface area contributed by atoms with Crippen molar-refractivity contribution in [2.24, 2.45) is 0 Å². The van der Waals surface area contributed by atoms with Gasteiger partial charge >= 0.3 is 0 Å². The lowest BCUT2D eigenvalue weighted by Gasteiger charge is -2.04. The lowest BCUT2D eigenvalue weighted by atomic mass is 9.99. The molecule has 0 fully saturated rings. The van der Waals surface area contributed by atoms with Gasteiger partial charge in [0.1, 0.15) is 22.4 Å². The van der Waals surface area contributed by atoms with Crippen LogP contribution in [0, 0.1) is 0 Å². The van der Waals surface area contributed by atoms with Gasteiger partial charge in [0.05, 0.1) is 10.8 Å². The van der Waals surface area contributed by atoms with Gasteiger partial charge in [0, 0.05) is 22.3 Å². The Labute approximate surface area is 265 Å². The van der Waals surface area contributed by atoms with Crippen LogP contribution >= 0.6 is 0 Å². The van der Waals surface area contributed by atoms with Crippen molar-refractivity contribution in [1.29, 1.82) is 0 Å². The zero-order chi connectivity index (χ0) is 30.2. The van der Waals surface area contributed by atoms with Crippen molar-refractivity contribution in [2.45, 2.75) is 0 Å². The summed E-state index contributed by atoms with van der Waals surface area (Å²) >= 11 is 0. The quantitative estimate of drug-likeness (QED) is 0.202. The summed E-state index contributed by atoms with van der Waals surface area (Å²) in [6.45, 7) is 0. The van der Waals surface area contributed by atoms with E-state index in [2.05, 4.69) is 146 Å². The smallest absolute Gasteiger partial charge is 0.147 e. The molecule has 0 aliphatic heterocycles. The van der Waals surface area contributed by atoms with Gasteiger partial charge in [-0.1, -0.05) is 158 Å². The summed E-state index contributed by atoms with van der Waals surface area (Å²) in [4.78, 5) is 0. The molecule has 0 unspecified atom stereocenters. The van der Waals surface area contributed by atoms with Crippen LogP contribution < -0.4 is 10.8 Å². The van der Waals surface area contributed by atoms with Gasteiger partial charge in [0.25, 0.3) is 0 Å². The second-order valence-corrected chi connectivity index (χ2v) is 11.9. The summed E-state index contributed by atoms with van der Waals surface area (Å²) in [6, 6.07) is 55.5. The summed E-state index contributed by atoms with van der Waals surface area (Å²) in [6.07, 6.45) is 0. The first-order chi connectivity index (χ1) is 22.9. The molecule has 46 heavy (non-hydrogen) atoms. The van der Waals surface area contributed by atoms with Crippen molar-refractivity contribution in [3.63, 3.8) is 0 Å². The Kier molecular flexibility index (Phi) is 5.31. The van der Waals surface area contributed by atoms with Crippen LogP contribution in [0.15, 0.2) is 167 Å². The fourth-order valence-electron chi connectivity index (χ4n) is 7.53. The number of hydrogen-bond donors (Lipinski definition) is 0. The van der Waals surface area contributed by atoms with E-state index in [0.717, 1.165) is 55.4 Å². The van der Waals surface area contributed by atoms with Crippen molar-refractivity contribution < 1.29 is 8.83 Å². The van der Waals surface area contributed by atoms with Crippen LogP contribution in [0.3, 0.4) is 0 Å². The van der Waals surface area contributed by atoms with Crippen molar-refractivity contribution in [3.05, 3.63) is 191 Å². The first-order valence-electron chi connectivity index (χ1n) is 15.7. The van der Waals surface area contributed by atoms with E-state index in [1.165, 1.54) is 44.5 Å². The van der Waals surface area contributed by atoms with Crippen molar-refractivity contribution >= 4 is 21.9 Å². The normalized spacial score (nSPS) is 12.7. The zero-order valence-electron chi connectivity index (χ0n) is 24.8. The third kappa shape index (κ3) is 3.47. The minimum atomic E-state index is 0.815. The number of benzene rings is 6. The van der Waals surface area contributed by atoms with Crippen LogP contribution in [-0.4, -0.2) is 0 Å². The van der Waals surface area contributed by atoms with Gasteiger partial charge in [0.2, 0.25) is 0 Å². The van der Waals surface area contributed by atoms with Gasteiger partial charge in [-0.25, -0.2) is 0 Å². The van der Waals surface area contributed by atoms with E-state index in [4.69, 9.17) is 8.83 Å². The highest BCUT2D eigenvalue weighted by molar-refractivity contribution is 6.10. The van der Waals surface area contributed by atoms with Crippen LogP contribution in [0.5, 0.6) is 0 Å². The lowest BCUT2D eigenvalue weighted by molar-refractivity contribution is 0.528. The molecule has 2 heteroatoms. The highest BCUT2D eigenvalue weighted by Crippen LogP contribution is 2.46. The molecular formula is C44H26O2. The summed E-state index contributed by atoms with van der Waals surface area (Å²) in [7, 11) is 0. The average Bonchev–Trinajstić information content (AvgIpc) is 3.87. The monoisotopic (exact) mass is 586 g/mol. The van der Waals surface area contributed by atoms with Gasteiger partial charge in [-0.15, -0.1) is 0 Å². The maximum absolute atomic E-state index is 7.22. The molecule has 0 atom stereocenters. The lowest BCUT2D eigenvalue weighted by Crippen LogP contribution is -2.05. The Morgan fingerprint density at radius 2 is 0.522 bits per heavy atom. The Morgan fingerprint density at radius 3 is 0.826 bits per heavy atom. The molecule has 0 saturated carbocycles. The minimum absolute atomic E-state index is 0.815. The number of fused-ring (bicyclic) bond motifs is 7. The van der Waals surface area contributed by atoms with E-state index in [-0.39, 0.29) is 0 Å². The predicted octanol–water partition coefficient (Wildman–Crippen LogP) is 9.82. The standard InChI is InChI=1S/C44H26O2/c1-3-15-27(16-4-1)41-39-40(44(45-41)38-35-25-13-9-21-31(35)32-22-10-14-26-36(32)38)42(28-17-5-2-6-18-28)46-43(39)37-33-23-11-7-19-29(33)30-20-8-12-24-34(30)37/h1-26H. The van der Waals surface area contributed by atoms with E-state index in [0.29, 0.717) is 0 Å². The molecule has 2 heterocycles. The summed E-state index contributed by atoms with van der Waals surface area (Å²) in [5, 5.41) is 1.99. The predicted molar refractivity (Wildman–Crippen MR) is 186 cm³/mol. The van der Waals surface area contributed by atoms with Crippen LogP contribution in [0.2, 0.25) is 0 Å². The van der Waals surface area contributed by atoms with Crippen LogP contribution in [0.4, 0.5) is 0 Å². The van der Waals surface area contributed by atoms with E-state index in [1.807, 2.05) is 12.1 Å². The Bertz CT molecular complexity index is 2340. The first-order valence-corrected chi connectivity index (χ1v) is 15.7. The Balaban J connectivity index is 1.49. The molecule has 0 bridgehead atoms. The van der Waals surface area contributed by atoms with E-state index < -0.39 is 0 Å². The number of hydrogen-bond acceptors (Lipinski definition) is 2. The average molecular weight is 587 g/mol. The fraction of sp³-hybridized carbons (Fsp3) is 0. The van der Waals surface area contributed by atoms with Gasteiger partial charge in [-0.05, 0) is 44.5 Å². The van der Waals surface area contributed by atoms with Crippen molar-refractivity contribution in [3.8, 4) is 44.9 Å². The van der Waals surface area contributed by atoms with Gasteiger partial charge in [-0.3, -0.25) is 0 Å². The van der Waals surface area contributed by atoms with Crippen molar-refractivity contribution in [2.75, 3.05) is 0 Å². The molecule has 0 amide bonds. The fourth-order valence-corrected chi connectivity index (χ4v) is 7.53. The molecule has 2 aliphatic rings. The molecule has 0 spiro atoms. The topological polar surface area (TPSA) is 26.3 Å². The van der Waals surface area contributed by atoms with E-state index >= 15 is 0 Å². The van der Waals surface area contributed by atoms with E-state index in [9.17, 15) is 0 Å². The molecule has 2 aliphatic carbocycles. The second-order valence-electron chi connectivity index (χ2n) is 11.9. The third-order valence-electron chi connectivity index (χ3n) is 9.46. The van der Waals surface area contributed by atoms with E-state index in [1.54, 1.807) is 0 Å². The van der Waals surface area contributed by atoms with Gasteiger partial charge in [0.15, 0.2) is 0 Å². The molecule has 2 nitrogen and oxygen atoms in total. The molecule has 8 aromatic rings. The molecular weight excluding hydrogens is 560 g/mol. The minimum Gasteiger partial charge on any atom is -0.454 e. The SMILES string of the molecule is c1ccc(-c2oc(=C3c4ccccc4-c4ccccc43)c3c(-c4ccccc4)oc(=C4c5ccccc5-c5ccccc54)c23)cc1. The molecule has 214 valence electrons. The van der Waals surface area contributed by atoms with Crippen LogP contribution in [-0.2, 0) is 0 Å². The molecule has 0 N–H and O–H groups in total. The number of rotatable bonds is 2. The summed E-state index contributed by atoms with van der Waals surface area (Å²) in [5.41, 5.74) is 15.5. The first kappa shape index (κ1) is 25.2. The summed E-state index contributed by atoms with van der Waals surface area (Å²) in [5.74, 6) is 1.63. The Hall–Kier alpha value is -6.12. The number of furan rings is 2. The second kappa shape index (κ2) is 9.69. The zero-order valence-corrected chi connectivity index (χ0v) is 24.8. The molecule has 0 radical (unpaired) electrons. The van der Waals surface area contributed by atoms with Crippen LogP contribution in [0.25, 0.3) is 66.8 Å². The maximum Gasteiger partial charge on any atom is 0.147 e. The Morgan fingerprint density at radius 1 is 0.261 bits per heavy atom. The summed E-state index contributed by atoms with van der Waals surface area (Å²) < 4.78 is 14.4.